The van der Waals surface area contributed by atoms with Crippen LogP contribution < -0.4 is 5.32 Å². The molecule has 0 fully saturated rings. The molecule has 2 rings (SSSR count). The summed E-state index contributed by atoms with van der Waals surface area (Å²) in [5.41, 5.74) is 3.11. The van der Waals surface area contributed by atoms with Crippen molar-refractivity contribution in [3.05, 3.63) is 35.2 Å². The largest absolute Gasteiger partial charge is 0.325 e. The second-order valence-corrected chi connectivity index (χ2v) is 6.65. The van der Waals surface area contributed by atoms with Gasteiger partial charge in [-0.2, -0.15) is 0 Å². The lowest BCUT2D eigenvalue weighted by Crippen LogP contribution is -2.15. The normalized spacial score (nSPS) is 11.0. The van der Waals surface area contributed by atoms with Crippen molar-refractivity contribution in [1.82, 2.24) is 14.8 Å². The van der Waals surface area contributed by atoms with Crippen LogP contribution in [0.2, 0.25) is 0 Å². The molecule has 0 spiro atoms. The van der Waals surface area contributed by atoms with Crippen LogP contribution in [0.4, 0.5) is 5.69 Å². The first kappa shape index (κ1) is 16.5. The van der Waals surface area contributed by atoms with Crippen LogP contribution in [0, 0.1) is 13.8 Å². The van der Waals surface area contributed by atoms with E-state index in [1.807, 2.05) is 37.6 Å². The smallest absolute Gasteiger partial charge is 0.234 e. The molecule has 0 radical (unpaired) electrons. The van der Waals surface area contributed by atoms with Gasteiger partial charge >= 0.3 is 0 Å². The number of aromatic nitrogens is 3. The third-order valence-corrected chi connectivity index (χ3v) is 4.39. The van der Waals surface area contributed by atoms with Crippen molar-refractivity contribution in [3.63, 3.8) is 0 Å². The maximum Gasteiger partial charge on any atom is 0.234 e. The van der Waals surface area contributed by atoms with E-state index in [2.05, 4.69) is 35.4 Å². The van der Waals surface area contributed by atoms with Crippen molar-refractivity contribution in [3.8, 4) is 0 Å². The summed E-state index contributed by atoms with van der Waals surface area (Å²) in [6, 6.07) is 5.99. The van der Waals surface area contributed by atoms with E-state index in [-0.39, 0.29) is 5.91 Å². The highest BCUT2D eigenvalue weighted by molar-refractivity contribution is 7.99. The molecule has 0 aliphatic rings. The first-order valence-corrected chi connectivity index (χ1v) is 8.26. The lowest BCUT2D eigenvalue weighted by Gasteiger charge is -2.09. The molecule has 0 saturated carbocycles. The monoisotopic (exact) mass is 318 g/mol. The molecule has 0 atom stereocenters. The Hall–Kier alpha value is -1.82. The molecule has 0 aliphatic carbocycles. The molecule has 6 heteroatoms. The maximum atomic E-state index is 12.1. The fraction of sp³-hybridized carbons (Fsp3) is 0.438. The summed E-state index contributed by atoms with van der Waals surface area (Å²) in [6.07, 6.45) is 0. The summed E-state index contributed by atoms with van der Waals surface area (Å²) >= 11 is 1.40. The third-order valence-electron chi connectivity index (χ3n) is 3.37. The standard InChI is InChI=1S/C16H22N4OS/c1-10(2)15-18-19-16(20(15)5)22-9-14(21)17-13-7-6-11(3)8-12(13)4/h6-8,10H,9H2,1-5H3,(H,17,21). The molecule has 22 heavy (non-hydrogen) atoms. The number of amides is 1. The van der Waals surface area contributed by atoms with Crippen LogP contribution in [0.25, 0.3) is 0 Å². The van der Waals surface area contributed by atoms with Crippen LogP contribution in [-0.4, -0.2) is 26.4 Å². The lowest BCUT2D eigenvalue weighted by atomic mass is 10.1. The van der Waals surface area contributed by atoms with Gasteiger partial charge in [-0.15, -0.1) is 10.2 Å². The summed E-state index contributed by atoms with van der Waals surface area (Å²) in [6.45, 7) is 8.18. The Balaban J connectivity index is 1.96. The molecule has 0 bridgehead atoms. The molecule has 0 aliphatic heterocycles. The zero-order valence-corrected chi connectivity index (χ0v) is 14.5. The minimum Gasteiger partial charge on any atom is -0.325 e. The first-order valence-electron chi connectivity index (χ1n) is 7.27. The van der Waals surface area contributed by atoms with E-state index in [1.54, 1.807) is 0 Å². The van der Waals surface area contributed by atoms with Crippen LogP contribution in [0.3, 0.4) is 0 Å². The maximum absolute atomic E-state index is 12.1. The summed E-state index contributed by atoms with van der Waals surface area (Å²) in [5.74, 6) is 1.52. The third kappa shape index (κ3) is 3.88. The summed E-state index contributed by atoms with van der Waals surface area (Å²) < 4.78 is 1.94. The van der Waals surface area contributed by atoms with Crippen molar-refractivity contribution in [2.75, 3.05) is 11.1 Å². The number of hydrogen-bond donors (Lipinski definition) is 1. The molecular weight excluding hydrogens is 296 g/mol. The molecule has 0 unspecified atom stereocenters. The van der Waals surface area contributed by atoms with Gasteiger partial charge in [-0.3, -0.25) is 4.79 Å². The second-order valence-electron chi connectivity index (χ2n) is 5.71. The first-order chi connectivity index (χ1) is 10.4. The molecule has 1 aromatic heterocycles. The van der Waals surface area contributed by atoms with E-state index in [1.165, 1.54) is 17.3 Å². The van der Waals surface area contributed by atoms with Crippen molar-refractivity contribution in [1.29, 1.82) is 0 Å². The average molecular weight is 318 g/mol. The number of thioether (sulfide) groups is 1. The Morgan fingerprint density at radius 1 is 1.32 bits per heavy atom. The van der Waals surface area contributed by atoms with Gasteiger partial charge in [0.2, 0.25) is 5.91 Å². The number of carbonyl (C=O) groups is 1. The van der Waals surface area contributed by atoms with Crippen LogP contribution in [-0.2, 0) is 11.8 Å². The predicted molar refractivity (Wildman–Crippen MR) is 90.4 cm³/mol. The minimum absolute atomic E-state index is 0.0361. The van der Waals surface area contributed by atoms with Gasteiger partial charge in [-0.05, 0) is 25.5 Å². The topological polar surface area (TPSA) is 59.8 Å². The SMILES string of the molecule is Cc1ccc(NC(=O)CSc2nnc(C(C)C)n2C)c(C)c1. The van der Waals surface area contributed by atoms with E-state index in [4.69, 9.17) is 0 Å². The van der Waals surface area contributed by atoms with Crippen LogP contribution in [0.1, 0.15) is 36.7 Å². The number of anilines is 1. The van der Waals surface area contributed by atoms with Gasteiger partial charge in [0.1, 0.15) is 5.82 Å². The van der Waals surface area contributed by atoms with Crippen molar-refractivity contribution < 1.29 is 4.79 Å². The van der Waals surface area contributed by atoms with Crippen molar-refractivity contribution in [2.24, 2.45) is 7.05 Å². The minimum atomic E-state index is -0.0361. The molecule has 5 nitrogen and oxygen atoms in total. The average Bonchev–Trinajstić information content (AvgIpc) is 2.81. The van der Waals surface area contributed by atoms with Gasteiger partial charge in [-0.25, -0.2) is 0 Å². The quantitative estimate of drug-likeness (QED) is 0.860. The predicted octanol–water partition coefficient (Wildman–Crippen LogP) is 3.29. The number of carbonyl (C=O) groups excluding carboxylic acids is 1. The Morgan fingerprint density at radius 2 is 2.05 bits per heavy atom. The second kappa shape index (κ2) is 6.96. The lowest BCUT2D eigenvalue weighted by molar-refractivity contribution is -0.113. The molecule has 1 aromatic carbocycles. The number of nitrogens with zero attached hydrogens (tertiary/aromatic N) is 3. The number of nitrogens with one attached hydrogen (secondary N) is 1. The van der Waals surface area contributed by atoms with Gasteiger partial charge in [0.05, 0.1) is 5.75 Å². The molecule has 1 heterocycles. The summed E-state index contributed by atoms with van der Waals surface area (Å²) in [7, 11) is 1.93. The van der Waals surface area contributed by atoms with E-state index in [0.29, 0.717) is 11.7 Å². The Bertz CT molecular complexity index is 679. The highest BCUT2D eigenvalue weighted by Gasteiger charge is 2.13. The molecule has 1 N–H and O–H groups in total. The Labute approximate surface area is 135 Å². The van der Waals surface area contributed by atoms with E-state index >= 15 is 0 Å². The zero-order valence-electron chi connectivity index (χ0n) is 13.7. The number of rotatable bonds is 5. The van der Waals surface area contributed by atoms with Gasteiger partial charge in [0, 0.05) is 18.7 Å². The summed E-state index contributed by atoms with van der Waals surface area (Å²) in [4.78, 5) is 12.1. The summed E-state index contributed by atoms with van der Waals surface area (Å²) in [5, 5.41) is 12.0. The van der Waals surface area contributed by atoms with Crippen molar-refractivity contribution in [2.45, 2.75) is 38.8 Å². The number of hydrogen-bond acceptors (Lipinski definition) is 4. The zero-order chi connectivity index (χ0) is 16.3. The fourth-order valence-electron chi connectivity index (χ4n) is 2.22. The Kier molecular flexibility index (Phi) is 5.24. The van der Waals surface area contributed by atoms with Crippen LogP contribution in [0.15, 0.2) is 23.4 Å². The highest BCUT2D eigenvalue weighted by atomic mass is 32.2. The molecular formula is C16H22N4OS. The Morgan fingerprint density at radius 3 is 2.64 bits per heavy atom. The van der Waals surface area contributed by atoms with E-state index in [0.717, 1.165) is 22.2 Å². The van der Waals surface area contributed by atoms with Gasteiger partial charge in [-0.1, -0.05) is 43.3 Å². The van der Waals surface area contributed by atoms with Gasteiger partial charge < -0.3 is 9.88 Å². The van der Waals surface area contributed by atoms with Gasteiger partial charge in [0.25, 0.3) is 0 Å². The highest BCUT2D eigenvalue weighted by Crippen LogP contribution is 2.21. The van der Waals surface area contributed by atoms with Crippen LogP contribution >= 0.6 is 11.8 Å². The van der Waals surface area contributed by atoms with Crippen molar-refractivity contribution >= 4 is 23.4 Å². The van der Waals surface area contributed by atoms with Crippen LogP contribution in [0.5, 0.6) is 0 Å². The fourth-order valence-corrected chi connectivity index (χ4v) is 2.94. The number of aryl methyl sites for hydroxylation is 2. The van der Waals surface area contributed by atoms with E-state index in [9.17, 15) is 4.79 Å². The van der Waals surface area contributed by atoms with Gasteiger partial charge in [0.15, 0.2) is 5.16 Å². The molecule has 2 aromatic rings. The molecule has 0 saturated heterocycles. The molecule has 118 valence electrons. The van der Waals surface area contributed by atoms with E-state index < -0.39 is 0 Å². The number of benzene rings is 1. The molecule has 1 amide bonds.